The number of carbonyl (C=O) groups excluding carboxylic acids is 1. The average Bonchev–Trinajstić information content (AvgIpc) is 2.51. The highest BCUT2D eigenvalue weighted by molar-refractivity contribution is 7.99. The Morgan fingerprint density at radius 3 is 2.73 bits per heavy atom. The van der Waals surface area contributed by atoms with E-state index in [4.69, 9.17) is 11.6 Å². The van der Waals surface area contributed by atoms with Crippen LogP contribution >= 0.6 is 23.4 Å². The number of halogens is 1. The Hall–Kier alpha value is -0.710. The second-order valence-corrected chi connectivity index (χ2v) is 6.84. The average molecular weight is 343 g/mol. The molecular formula is C17H27ClN2OS. The first-order valence-corrected chi connectivity index (χ1v) is 9.43. The van der Waals surface area contributed by atoms with Crippen LogP contribution in [0.3, 0.4) is 0 Å². The van der Waals surface area contributed by atoms with Crippen LogP contribution in [0.2, 0.25) is 5.02 Å². The fourth-order valence-corrected chi connectivity index (χ4v) is 3.18. The molecule has 0 fully saturated rings. The second-order valence-electron chi connectivity index (χ2n) is 5.44. The van der Waals surface area contributed by atoms with Gasteiger partial charge in [-0.05, 0) is 44.6 Å². The van der Waals surface area contributed by atoms with Crippen LogP contribution in [-0.4, -0.2) is 43.2 Å². The third kappa shape index (κ3) is 8.66. The van der Waals surface area contributed by atoms with Gasteiger partial charge in [0.2, 0.25) is 5.91 Å². The van der Waals surface area contributed by atoms with Crippen LogP contribution in [0.4, 0.5) is 0 Å². The highest BCUT2D eigenvalue weighted by Crippen LogP contribution is 2.20. The van der Waals surface area contributed by atoms with Gasteiger partial charge in [0.15, 0.2) is 0 Å². The lowest BCUT2D eigenvalue weighted by molar-refractivity contribution is -0.118. The molecular weight excluding hydrogens is 316 g/mol. The van der Waals surface area contributed by atoms with Crippen molar-refractivity contribution in [3.63, 3.8) is 0 Å². The zero-order chi connectivity index (χ0) is 16.2. The third-order valence-corrected chi connectivity index (χ3v) is 4.73. The summed E-state index contributed by atoms with van der Waals surface area (Å²) in [6, 6.07) is 7.77. The Labute approximate surface area is 143 Å². The molecule has 0 aromatic heterocycles. The first kappa shape index (κ1) is 19.3. The molecule has 1 rings (SSSR count). The summed E-state index contributed by atoms with van der Waals surface area (Å²) in [7, 11) is 2.14. The number of hydrogen-bond donors (Lipinski definition) is 1. The molecule has 0 radical (unpaired) electrons. The van der Waals surface area contributed by atoms with Crippen molar-refractivity contribution in [3.05, 3.63) is 34.9 Å². The summed E-state index contributed by atoms with van der Waals surface area (Å²) in [6.45, 7) is 5.13. The van der Waals surface area contributed by atoms with Crippen LogP contribution in [0.25, 0.3) is 0 Å². The number of thioether (sulfide) groups is 1. The van der Waals surface area contributed by atoms with E-state index in [1.807, 2.05) is 24.3 Å². The Bertz CT molecular complexity index is 442. The topological polar surface area (TPSA) is 32.3 Å². The fraction of sp³-hybridized carbons (Fsp3) is 0.588. The number of rotatable bonds is 11. The lowest BCUT2D eigenvalue weighted by Gasteiger charge is -2.15. The predicted molar refractivity (Wildman–Crippen MR) is 97.6 cm³/mol. The highest BCUT2D eigenvalue weighted by Gasteiger charge is 2.04. The summed E-state index contributed by atoms with van der Waals surface area (Å²) in [6.07, 6.45) is 3.46. The van der Waals surface area contributed by atoms with E-state index in [9.17, 15) is 4.79 Å². The van der Waals surface area contributed by atoms with Gasteiger partial charge in [-0.3, -0.25) is 4.79 Å². The van der Waals surface area contributed by atoms with Gasteiger partial charge in [0, 0.05) is 17.3 Å². The maximum absolute atomic E-state index is 11.8. The Morgan fingerprint density at radius 2 is 2.00 bits per heavy atom. The zero-order valence-corrected chi connectivity index (χ0v) is 15.2. The normalized spacial score (nSPS) is 10.9. The molecule has 1 amide bonds. The fourth-order valence-electron chi connectivity index (χ4n) is 2.04. The van der Waals surface area contributed by atoms with Crippen molar-refractivity contribution >= 4 is 29.3 Å². The molecule has 0 atom stereocenters. The Balaban J connectivity index is 2.05. The van der Waals surface area contributed by atoms with Crippen LogP contribution in [0.1, 0.15) is 31.7 Å². The molecule has 5 heteroatoms. The van der Waals surface area contributed by atoms with E-state index in [-0.39, 0.29) is 5.91 Å². The Morgan fingerprint density at radius 1 is 1.27 bits per heavy atom. The smallest absolute Gasteiger partial charge is 0.230 e. The molecule has 3 nitrogen and oxygen atoms in total. The summed E-state index contributed by atoms with van der Waals surface area (Å²) >= 11 is 7.69. The van der Waals surface area contributed by atoms with Crippen molar-refractivity contribution in [2.45, 2.75) is 31.9 Å². The van der Waals surface area contributed by atoms with Crippen LogP contribution in [0.15, 0.2) is 24.3 Å². The minimum absolute atomic E-state index is 0.105. The monoisotopic (exact) mass is 342 g/mol. The molecule has 0 aliphatic heterocycles. The quantitative estimate of drug-likeness (QED) is 0.621. The largest absolute Gasteiger partial charge is 0.355 e. The number of carbonyl (C=O) groups is 1. The summed E-state index contributed by atoms with van der Waals surface area (Å²) in [5.74, 6) is 1.36. The second kappa shape index (κ2) is 11.8. The molecule has 0 saturated heterocycles. The molecule has 1 aromatic rings. The van der Waals surface area contributed by atoms with E-state index in [1.165, 1.54) is 12.8 Å². The highest BCUT2D eigenvalue weighted by atomic mass is 35.5. The molecule has 0 aliphatic carbocycles. The molecule has 0 saturated carbocycles. The van der Waals surface area contributed by atoms with Crippen LogP contribution in [0.5, 0.6) is 0 Å². The molecule has 1 N–H and O–H groups in total. The first-order chi connectivity index (χ1) is 10.6. The maximum atomic E-state index is 11.8. The van der Waals surface area contributed by atoms with Crippen LogP contribution in [-0.2, 0) is 10.5 Å². The van der Waals surface area contributed by atoms with Crippen molar-refractivity contribution in [1.82, 2.24) is 10.2 Å². The number of amides is 1. The van der Waals surface area contributed by atoms with E-state index in [2.05, 4.69) is 24.2 Å². The number of unbranched alkanes of at least 4 members (excludes halogenated alkanes) is 1. The number of nitrogens with zero attached hydrogens (tertiary/aromatic N) is 1. The maximum Gasteiger partial charge on any atom is 0.230 e. The summed E-state index contributed by atoms with van der Waals surface area (Å²) in [5.41, 5.74) is 1.08. The molecule has 124 valence electrons. The zero-order valence-electron chi connectivity index (χ0n) is 13.6. The van der Waals surface area contributed by atoms with Gasteiger partial charge in [-0.2, -0.15) is 0 Å². The van der Waals surface area contributed by atoms with Crippen LogP contribution < -0.4 is 5.32 Å². The van der Waals surface area contributed by atoms with E-state index in [0.29, 0.717) is 5.75 Å². The Kier molecular flexibility index (Phi) is 10.4. The van der Waals surface area contributed by atoms with Gasteiger partial charge in [-0.15, -0.1) is 11.8 Å². The number of nitrogens with one attached hydrogen (secondary N) is 1. The lowest BCUT2D eigenvalue weighted by Crippen LogP contribution is -2.29. The third-order valence-electron chi connectivity index (χ3n) is 3.38. The number of hydrogen-bond acceptors (Lipinski definition) is 3. The minimum Gasteiger partial charge on any atom is -0.355 e. The van der Waals surface area contributed by atoms with E-state index in [0.717, 1.165) is 42.4 Å². The van der Waals surface area contributed by atoms with Gasteiger partial charge >= 0.3 is 0 Å². The van der Waals surface area contributed by atoms with Crippen LogP contribution in [0, 0.1) is 0 Å². The molecule has 1 aromatic carbocycles. The number of benzene rings is 1. The molecule has 22 heavy (non-hydrogen) atoms. The van der Waals surface area contributed by atoms with E-state index >= 15 is 0 Å². The first-order valence-electron chi connectivity index (χ1n) is 7.90. The molecule has 0 heterocycles. The summed E-state index contributed by atoms with van der Waals surface area (Å²) in [4.78, 5) is 14.1. The minimum atomic E-state index is 0.105. The lowest BCUT2D eigenvalue weighted by atomic mass is 10.2. The van der Waals surface area contributed by atoms with Gasteiger partial charge in [0.05, 0.1) is 5.75 Å². The van der Waals surface area contributed by atoms with Crippen molar-refractivity contribution in [2.75, 3.05) is 32.4 Å². The van der Waals surface area contributed by atoms with Gasteiger partial charge in [0.25, 0.3) is 0 Å². The molecule has 0 spiro atoms. The predicted octanol–water partition coefficient (Wildman–Crippen LogP) is 3.81. The van der Waals surface area contributed by atoms with E-state index in [1.54, 1.807) is 11.8 Å². The van der Waals surface area contributed by atoms with Gasteiger partial charge < -0.3 is 10.2 Å². The summed E-state index contributed by atoms with van der Waals surface area (Å²) < 4.78 is 0. The van der Waals surface area contributed by atoms with Crippen molar-refractivity contribution in [2.24, 2.45) is 0 Å². The summed E-state index contributed by atoms with van der Waals surface area (Å²) in [5, 5.41) is 3.74. The molecule has 0 aliphatic rings. The van der Waals surface area contributed by atoms with Gasteiger partial charge in [-0.1, -0.05) is 43.1 Å². The van der Waals surface area contributed by atoms with Crippen molar-refractivity contribution in [3.8, 4) is 0 Å². The van der Waals surface area contributed by atoms with Gasteiger partial charge in [0.1, 0.15) is 0 Å². The van der Waals surface area contributed by atoms with Crippen molar-refractivity contribution in [1.29, 1.82) is 0 Å². The standard InChI is InChI=1S/C17H27ClN2OS/c1-3-4-11-20(2)12-7-10-19-17(21)14-22-13-15-8-5-6-9-16(15)18/h5-6,8-9H,3-4,7,10-14H2,1-2H3,(H,19,21). The van der Waals surface area contributed by atoms with Crippen molar-refractivity contribution < 1.29 is 4.79 Å². The SMILES string of the molecule is CCCCN(C)CCCNC(=O)CSCc1ccccc1Cl. The van der Waals surface area contributed by atoms with Gasteiger partial charge in [-0.25, -0.2) is 0 Å². The molecule has 0 unspecified atom stereocenters. The van der Waals surface area contributed by atoms with E-state index < -0.39 is 0 Å². The molecule has 0 bridgehead atoms.